The monoisotopic (exact) mass is 459 g/mol. The van der Waals surface area contributed by atoms with Gasteiger partial charge in [0.25, 0.3) is 0 Å². The largest absolute Gasteiger partial charge is 0.385 e. The fourth-order valence-corrected chi connectivity index (χ4v) is 4.74. The van der Waals surface area contributed by atoms with E-state index >= 15 is 0 Å². The van der Waals surface area contributed by atoms with E-state index in [1.54, 1.807) is 13.1 Å². The summed E-state index contributed by atoms with van der Waals surface area (Å²) in [5, 5.41) is 17.0. The first-order valence-electron chi connectivity index (χ1n) is 11.7. The number of carbonyl (C=O) groups excluding carboxylic acids is 1. The van der Waals surface area contributed by atoms with E-state index in [-0.39, 0.29) is 5.91 Å². The van der Waals surface area contributed by atoms with E-state index < -0.39 is 6.10 Å². The number of hydrogen-bond acceptors (Lipinski definition) is 6. The molecule has 5 rings (SSSR count). The number of imidazole rings is 1. The summed E-state index contributed by atoms with van der Waals surface area (Å²) >= 11 is 0. The van der Waals surface area contributed by atoms with Crippen LogP contribution in [0.2, 0.25) is 0 Å². The summed E-state index contributed by atoms with van der Waals surface area (Å²) in [6.07, 6.45) is 3.41. The SMILES string of the molecule is CNCCC(=O)N1CC2C(C#Cc3ccc(-c4cc(Cn5ccnc5[C@H](C)O)no4)cc3)C2C1. The van der Waals surface area contributed by atoms with E-state index in [0.717, 1.165) is 36.5 Å². The number of nitrogens with one attached hydrogen (secondary N) is 1. The van der Waals surface area contributed by atoms with Crippen molar-refractivity contribution in [3.63, 3.8) is 0 Å². The Kier molecular flexibility index (Phi) is 6.22. The quantitative estimate of drug-likeness (QED) is 0.527. The van der Waals surface area contributed by atoms with Crippen LogP contribution in [0.3, 0.4) is 0 Å². The summed E-state index contributed by atoms with van der Waals surface area (Å²) in [7, 11) is 1.87. The van der Waals surface area contributed by atoms with Crippen molar-refractivity contribution in [3.05, 3.63) is 59.8 Å². The van der Waals surface area contributed by atoms with Crippen molar-refractivity contribution in [2.75, 3.05) is 26.7 Å². The molecule has 3 aromatic rings. The molecule has 1 saturated heterocycles. The fourth-order valence-electron chi connectivity index (χ4n) is 4.74. The van der Waals surface area contributed by atoms with E-state index in [1.165, 1.54) is 0 Å². The maximum Gasteiger partial charge on any atom is 0.223 e. The first-order valence-corrected chi connectivity index (χ1v) is 11.7. The van der Waals surface area contributed by atoms with Crippen LogP contribution in [0, 0.1) is 29.6 Å². The highest BCUT2D eigenvalue weighted by molar-refractivity contribution is 5.77. The van der Waals surface area contributed by atoms with Crippen LogP contribution >= 0.6 is 0 Å². The third kappa shape index (κ3) is 4.63. The van der Waals surface area contributed by atoms with Gasteiger partial charge in [0.1, 0.15) is 17.6 Å². The van der Waals surface area contributed by atoms with Crippen molar-refractivity contribution < 1.29 is 14.4 Å². The highest BCUT2D eigenvalue weighted by Gasteiger charge is 2.55. The number of carbonyl (C=O) groups is 1. The molecule has 34 heavy (non-hydrogen) atoms. The summed E-state index contributed by atoms with van der Waals surface area (Å²) in [6.45, 7) is 4.59. The Morgan fingerprint density at radius 3 is 2.76 bits per heavy atom. The van der Waals surface area contributed by atoms with Gasteiger partial charge in [-0.15, -0.1) is 0 Å². The zero-order chi connectivity index (χ0) is 23.7. The minimum absolute atomic E-state index is 0.243. The Balaban J connectivity index is 1.16. The summed E-state index contributed by atoms with van der Waals surface area (Å²) in [5.41, 5.74) is 2.66. The molecule has 0 spiro atoms. The molecule has 1 amide bonds. The predicted molar refractivity (Wildman–Crippen MR) is 126 cm³/mol. The molecule has 2 aromatic heterocycles. The molecule has 1 aromatic carbocycles. The van der Waals surface area contributed by atoms with Crippen molar-refractivity contribution in [1.29, 1.82) is 0 Å². The van der Waals surface area contributed by atoms with Crippen LogP contribution in [0.5, 0.6) is 0 Å². The van der Waals surface area contributed by atoms with Gasteiger partial charge in [-0.2, -0.15) is 0 Å². The number of aliphatic hydroxyl groups is 1. The number of hydrogen-bond donors (Lipinski definition) is 2. The molecule has 2 fully saturated rings. The zero-order valence-corrected chi connectivity index (χ0v) is 19.4. The van der Waals surface area contributed by atoms with E-state index in [0.29, 0.717) is 42.3 Å². The maximum absolute atomic E-state index is 12.2. The number of benzene rings is 1. The summed E-state index contributed by atoms with van der Waals surface area (Å²) in [6, 6.07) is 9.88. The maximum atomic E-state index is 12.2. The second-order valence-corrected chi connectivity index (χ2v) is 9.12. The molecule has 176 valence electrons. The molecule has 0 bridgehead atoms. The molecule has 1 saturated carbocycles. The number of aromatic nitrogens is 3. The molecule has 8 nitrogen and oxygen atoms in total. The minimum atomic E-state index is -0.644. The molecule has 1 aliphatic carbocycles. The standard InChI is InChI=1S/C26H29N5O3/c1-17(32)26-28-11-12-30(26)14-20-13-24(34-29-20)19-6-3-18(4-7-19)5-8-21-22-15-31(16-23(21)22)25(33)9-10-27-2/h3-4,6-7,11-13,17,21-23,27,32H,9-10,14-16H2,1-2H3/t17-,21?,22?,23?/m0/s1. The lowest BCUT2D eigenvalue weighted by Gasteiger charge is -2.18. The van der Waals surface area contributed by atoms with Gasteiger partial charge in [-0.25, -0.2) is 4.98 Å². The topological polar surface area (TPSA) is 96.4 Å². The average Bonchev–Trinajstić information content (AvgIpc) is 3.33. The number of piperidine rings is 1. The Hall–Kier alpha value is -3.41. The second kappa shape index (κ2) is 9.45. The van der Waals surface area contributed by atoms with Gasteiger partial charge in [-0.1, -0.05) is 17.0 Å². The number of nitrogens with zero attached hydrogens (tertiary/aromatic N) is 4. The first kappa shape index (κ1) is 22.4. The Morgan fingerprint density at radius 1 is 1.29 bits per heavy atom. The molecule has 1 aliphatic heterocycles. The molecule has 0 radical (unpaired) electrons. The second-order valence-electron chi connectivity index (χ2n) is 9.12. The van der Waals surface area contributed by atoms with Crippen molar-refractivity contribution in [3.8, 4) is 23.2 Å². The van der Waals surface area contributed by atoms with Crippen LogP contribution in [0.4, 0.5) is 0 Å². The highest BCUT2D eigenvalue weighted by atomic mass is 16.5. The minimum Gasteiger partial charge on any atom is -0.385 e. The van der Waals surface area contributed by atoms with Gasteiger partial charge in [-0.3, -0.25) is 4.79 Å². The van der Waals surface area contributed by atoms with Gasteiger partial charge in [-0.05, 0) is 50.1 Å². The van der Waals surface area contributed by atoms with Crippen LogP contribution in [-0.4, -0.2) is 57.3 Å². The van der Waals surface area contributed by atoms with E-state index in [2.05, 4.69) is 27.3 Å². The zero-order valence-electron chi connectivity index (χ0n) is 19.4. The van der Waals surface area contributed by atoms with Gasteiger partial charge >= 0.3 is 0 Å². The number of aliphatic hydroxyl groups excluding tert-OH is 1. The van der Waals surface area contributed by atoms with Crippen molar-refractivity contribution in [1.82, 2.24) is 24.9 Å². The summed E-state index contributed by atoms with van der Waals surface area (Å²) in [5.74, 6) is 9.71. The lowest BCUT2D eigenvalue weighted by molar-refractivity contribution is -0.130. The summed E-state index contributed by atoms with van der Waals surface area (Å²) < 4.78 is 7.39. The van der Waals surface area contributed by atoms with Crippen molar-refractivity contribution in [2.45, 2.75) is 26.0 Å². The predicted octanol–water partition coefficient (Wildman–Crippen LogP) is 2.31. The third-order valence-corrected chi connectivity index (χ3v) is 6.70. The Labute approximate surface area is 199 Å². The van der Waals surface area contributed by atoms with Gasteiger partial charge in [0.15, 0.2) is 5.76 Å². The first-order chi connectivity index (χ1) is 16.5. The Bertz CT molecular complexity index is 1210. The Morgan fingerprint density at radius 2 is 2.06 bits per heavy atom. The van der Waals surface area contributed by atoms with Crippen LogP contribution in [-0.2, 0) is 11.3 Å². The van der Waals surface area contributed by atoms with Crippen LogP contribution in [0.15, 0.2) is 47.2 Å². The normalized spacial score (nSPS) is 21.6. The molecule has 2 aliphatic rings. The number of fused-ring (bicyclic) bond motifs is 1. The van der Waals surface area contributed by atoms with Gasteiger partial charge in [0.2, 0.25) is 5.91 Å². The number of likely N-dealkylation sites (tertiary alicyclic amines) is 1. The van der Waals surface area contributed by atoms with Crippen LogP contribution < -0.4 is 5.32 Å². The molecule has 2 N–H and O–H groups in total. The van der Waals surface area contributed by atoms with E-state index in [1.807, 2.05) is 53.0 Å². The van der Waals surface area contributed by atoms with Gasteiger partial charge < -0.3 is 24.4 Å². The number of amides is 1. The van der Waals surface area contributed by atoms with Crippen molar-refractivity contribution in [2.24, 2.45) is 17.8 Å². The fraction of sp³-hybridized carbons (Fsp3) is 0.423. The molecule has 8 heteroatoms. The smallest absolute Gasteiger partial charge is 0.223 e. The third-order valence-electron chi connectivity index (χ3n) is 6.70. The van der Waals surface area contributed by atoms with E-state index in [9.17, 15) is 9.90 Å². The highest BCUT2D eigenvalue weighted by Crippen LogP contribution is 2.51. The molecular weight excluding hydrogens is 430 g/mol. The molecule has 3 heterocycles. The van der Waals surface area contributed by atoms with Crippen LogP contribution in [0.1, 0.15) is 36.5 Å². The lowest BCUT2D eigenvalue weighted by atomic mass is 10.1. The summed E-state index contributed by atoms with van der Waals surface area (Å²) in [4.78, 5) is 18.3. The molecular formula is C26H29N5O3. The molecule has 2 unspecified atom stereocenters. The lowest BCUT2D eigenvalue weighted by Crippen LogP contribution is -2.33. The van der Waals surface area contributed by atoms with Crippen LogP contribution in [0.25, 0.3) is 11.3 Å². The van der Waals surface area contributed by atoms with Gasteiger partial charge in [0, 0.05) is 61.6 Å². The number of rotatable bonds is 7. The van der Waals surface area contributed by atoms with Crippen molar-refractivity contribution >= 4 is 5.91 Å². The average molecular weight is 460 g/mol. The van der Waals surface area contributed by atoms with E-state index in [4.69, 9.17) is 4.52 Å². The molecule has 3 atom stereocenters. The van der Waals surface area contributed by atoms with Gasteiger partial charge in [0.05, 0.1) is 6.54 Å².